The van der Waals surface area contributed by atoms with E-state index in [0.717, 1.165) is 11.1 Å². The first-order chi connectivity index (χ1) is 13.6. The second-order valence-corrected chi connectivity index (χ2v) is 6.30. The summed E-state index contributed by atoms with van der Waals surface area (Å²) in [5.74, 6) is 0.861. The van der Waals surface area contributed by atoms with Crippen LogP contribution in [0.15, 0.2) is 60.8 Å². The first-order valence-corrected chi connectivity index (χ1v) is 8.88. The van der Waals surface area contributed by atoms with E-state index in [0.29, 0.717) is 35.9 Å². The van der Waals surface area contributed by atoms with Crippen molar-refractivity contribution in [3.05, 3.63) is 83.2 Å². The van der Waals surface area contributed by atoms with Crippen LogP contribution in [0.4, 0.5) is 0 Å². The quantitative estimate of drug-likeness (QED) is 0.585. The molecule has 1 aromatic heterocycles. The second kappa shape index (κ2) is 8.90. The van der Waals surface area contributed by atoms with Gasteiger partial charge in [-0.05, 0) is 36.2 Å². The molecule has 0 aliphatic carbocycles. The fourth-order valence-corrected chi connectivity index (χ4v) is 2.68. The number of benzene rings is 2. The van der Waals surface area contributed by atoms with Gasteiger partial charge in [0.25, 0.3) is 5.91 Å². The molecule has 0 atom stereocenters. The second-order valence-electron chi connectivity index (χ2n) is 6.30. The number of Topliss-reactive ketones (excluding diaryl/α,β-unsaturated/α-hetero) is 1. The molecule has 0 fully saturated rings. The van der Waals surface area contributed by atoms with E-state index < -0.39 is 0 Å². The number of ketones is 1. The van der Waals surface area contributed by atoms with Crippen molar-refractivity contribution in [2.24, 2.45) is 0 Å². The van der Waals surface area contributed by atoms with Gasteiger partial charge in [0.2, 0.25) is 0 Å². The first-order valence-electron chi connectivity index (χ1n) is 8.88. The minimum absolute atomic E-state index is 0.0915. The molecule has 1 heterocycles. The highest BCUT2D eigenvalue weighted by atomic mass is 16.5. The van der Waals surface area contributed by atoms with Gasteiger partial charge in [0.15, 0.2) is 17.3 Å². The molecule has 3 rings (SSSR count). The first kappa shape index (κ1) is 19.2. The van der Waals surface area contributed by atoms with E-state index >= 15 is 0 Å². The van der Waals surface area contributed by atoms with Gasteiger partial charge in [-0.25, -0.2) is 0 Å². The molecule has 0 saturated carbocycles. The minimum atomic E-state index is -0.282. The van der Waals surface area contributed by atoms with Gasteiger partial charge in [-0.2, -0.15) is 0 Å². The maximum atomic E-state index is 12.2. The van der Waals surface area contributed by atoms with Crippen LogP contribution in [0.1, 0.15) is 38.9 Å². The summed E-state index contributed by atoms with van der Waals surface area (Å²) >= 11 is 0. The lowest BCUT2D eigenvalue weighted by molar-refractivity contribution is 0.0946. The molecular formula is C22H22N2O4. The molecule has 1 amide bonds. The van der Waals surface area contributed by atoms with Crippen LogP contribution in [0.25, 0.3) is 0 Å². The number of carbonyl (C=O) groups excluding carboxylic acids is 2. The smallest absolute Gasteiger partial charge is 0.267 e. The highest BCUT2D eigenvalue weighted by Crippen LogP contribution is 2.28. The van der Waals surface area contributed by atoms with Crippen LogP contribution in [0.5, 0.6) is 11.5 Å². The van der Waals surface area contributed by atoms with Crippen molar-refractivity contribution in [1.82, 2.24) is 10.3 Å². The average molecular weight is 378 g/mol. The highest BCUT2D eigenvalue weighted by molar-refractivity contribution is 5.99. The summed E-state index contributed by atoms with van der Waals surface area (Å²) in [4.78, 5) is 26.4. The van der Waals surface area contributed by atoms with Crippen molar-refractivity contribution in [3.8, 4) is 11.5 Å². The summed E-state index contributed by atoms with van der Waals surface area (Å²) in [6, 6.07) is 16.9. The number of H-pyrrole nitrogens is 1. The van der Waals surface area contributed by atoms with Crippen LogP contribution in [0.3, 0.4) is 0 Å². The number of hydrogen-bond donors (Lipinski definition) is 2. The molecule has 3 aromatic rings. The Kier molecular flexibility index (Phi) is 6.11. The number of amides is 1. The summed E-state index contributed by atoms with van der Waals surface area (Å²) in [6.45, 7) is 2.22. The van der Waals surface area contributed by atoms with Crippen molar-refractivity contribution in [2.75, 3.05) is 7.11 Å². The molecule has 6 heteroatoms. The molecule has 0 radical (unpaired) electrons. The zero-order valence-electron chi connectivity index (χ0n) is 15.8. The Morgan fingerprint density at radius 2 is 1.79 bits per heavy atom. The normalized spacial score (nSPS) is 10.4. The van der Waals surface area contributed by atoms with Crippen LogP contribution >= 0.6 is 0 Å². The largest absolute Gasteiger partial charge is 0.493 e. The number of carbonyl (C=O) groups is 2. The molecular weight excluding hydrogens is 356 g/mol. The molecule has 0 aliphatic rings. The Balaban J connectivity index is 1.61. The monoisotopic (exact) mass is 378 g/mol. The lowest BCUT2D eigenvalue weighted by Gasteiger charge is -2.12. The molecule has 0 saturated heterocycles. The summed E-state index contributed by atoms with van der Waals surface area (Å²) in [7, 11) is 1.58. The van der Waals surface area contributed by atoms with Crippen molar-refractivity contribution >= 4 is 11.7 Å². The SMILES string of the molecule is COc1cc(CNC(=O)c2cc(C(C)=O)c[nH]2)ccc1OCc1ccccc1. The third-order valence-electron chi connectivity index (χ3n) is 4.25. The van der Waals surface area contributed by atoms with Crippen LogP contribution in [-0.2, 0) is 13.2 Å². The molecule has 0 spiro atoms. The van der Waals surface area contributed by atoms with Gasteiger partial charge in [0, 0.05) is 18.3 Å². The average Bonchev–Trinajstić information content (AvgIpc) is 3.22. The molecule has 0 bridgehead atoms. The third kappa shape index (κ3) is 4.79. The van der Waals surface area contributed by atoms with Gasteiger partial charge < -0.3 is 19.8 Å². The van der Waals surface area contributed by atoms with Gasteiger partial charge in [-0.3, -0.25) is 9.59 Å². The maximum Gasteiger partial charge on any atom is 0.267 e. The number of hydrogen-bond acceptors (Lipinski definition) is 4. The lowest BCUT2D eigenvalue weighted by atomic mass is 10.2. The fourth-order valence-electron chi connectivity index (χ4n) is 2.68. The van der Waals surface area contributed by atoms with Gasteiger partial charge in [0.1, 0.15) is 12.3 Å². The summed E-state index contributed by atoms with van der Waals surface area (Å²) in [5.41, 5.74) is 2.76. The number of aromatic amines is 1. The maximum absolute atomic E-state index is 12.2. The van der Waals surface area contributed by atoms with E-state index in [1.807, 2.05) is 48.5 Å². The Hall–Kier alpha value is -3.54. The number of rotatable bonds is 8. The summed E-state index contributed by atoms with van der Waals surface area (Å²) < 4.78 is 11.3. The standard InChI is InChI=1S/C22H22N2O4/c1-15(25)18-11-19(23-13-18)22(26)24-12-17-8-9-20(21(10-17)27-2)28-14-16-6-4-3-5-7-16/h3-11,13,23H,12,14H2,1-2H3,(H,24,26). The number of methoxy groups -OCH3 is 1. The lowest BCUT2D eigenvalue weighted by Crippen LogP contribution is -2.23. The van der Waals surface area contributed by atoms with Gasteiger partial charge in [-0.1, -0.05) is 36.4 Å². The van der Waals surface area contributed by atoms with E-state index in [-0.39, 0.29) is 11.7 Å². The zero-order chi connectivity index (χ0) is 19.9. The van der Waals surface area contributed by atoms with Gasteiger partial charge >= 0.3 is 0 Å². The van der Waals surface area contributed by atoms with E-state index in [1.54, 1.807) is 13.2 Å². The van der Waals surface area contributed by atoms with E-state index in [2.05, 4.69) is 10.3 Å². The topological polar surface area (TPSA) is 80.4 Å². The van der Waals surface area contributed by atoms with Crippen molar-refractivity contribution in [1.29, 1.82) is 0 Å². The Morgan fingerprint density at radius 1 is 1.00 bits per heavy atom. The van der Waals surface area contributed by atoms with Crippen LogP contribution < -0.4 is 14.8 Å². The van der Waals surface area contributed by atoms with Crippen LogP contribution in [0.2, 0.25) is 0 Å². The molecule has 6 nitrogen and oxygen atoms in total. The number of aromatic nitrogens is 1. The number of ether oxygens (including phenoxy) is 2. The Morgan fingerprint density at radius 3 is 2.46 bits per heavy atom. The van der Waals surface area contributed by atoms with Crippen molar-refractivity contribution < 1.29 is 19.1 Å². The number of nitrogens with one attached hydrogen (secondary N) is 2. The predicted molar refractivity (Wildman–Crippen MR) is 106 cm³/mol. The van der Waals surface area contributed by atoms with Crippen LogP contribution in [-0.4, -0.2) is 23.8 Å². The van der Waals surface area contributed by atoms with Gasteiger partial charge in [-0.15, -0.1) is 0 Å². The predicted octanol–water partition coefficient (Wildman–Crippen LogP) is 3.73. The molecule has 144 valence electrons. The molecule has 28 heavy (non-hydrogen) atoms. The molecule has 2 aromatic carbocycles. The van der Waals surface area contributed by atoms with Crippen molar-refractivity contribution in [3.63, 3.8) is 0 Å². The Labute approximate surface area is 163 Å². The fraction of sp³-hybridized carbons (Fsp3) is 0.182. The summed E-state index contributed by atoms with van der Waals surface area (Å²) in [6.07, 6.45) is 1.53. The Bertz CT molecular complexity index is 964. The van der Waals surface area contributed by atoms with E-state index in [9.17, 15) is 9.59 Å². The van der Waals surface area contributed by atoms with E-state index in [4.69, 9.17) is 9.47 Å². The molecule has 0 aliphatic heterocycles. The minimum Gasteiger partial charge on any atom is -0.493 e. The van der Waals surface area contributed by atoms with Crippen LogP contribution in [0, 0.1) is 0 Å². The third-order valence-corrected chi connectivity index (χ3v) is 4.25. The van der Waals surface area contributed by atoms with Gasteiger partial charge in [0.05, 0.1) is 7.11 Å². The van der Waals surface area contributed by atoms with E-state index in [1.165, 1.54) is 13.1 Å². The zero-order valence-corrected chi connectivity index (χ0v) is 15.8. The summed E-state index contributed by atoms with van der Waals surface area (Å²) in [5, 5.41) is 2.82. The highest BCUT2D eigenvalue weighted by Gasteiger charge is 2.11. The molecule has 0 unspecified atom stereocenters. The van der Waals surface area contributed by atoms with Crippen molar-refractivity contribution in [2.45, 2.75) is 20.1 Å². The molecule has 2 N–H and O–H groups in total.